The lowest BCUT2D eigenvalue weighted by Gasteiger charge is -2.19. The number of nitrogens with one attached hydrogen (secondary N) is 1. The van der Waals surface area contributed by atoms with E-state index in [9.17, 15) is 0 Å². The minimum Gasteiger partial charge on any atom is -0.440 e. The van der Waals surface area contributed by atoms with Gasteiger partial charge in [0.25, 0.3) is 0 Å². The minimum atomic E-state index is 0.420. The first-order valence-corrected chi connectivity index (χ1v) is 7.23. The number of aromatic nitrogens is 1. The van der Waals surface area contributed by atoms with Crippen LogP contribution in [-0.2, 0) is 0 Å². The Morgan fingerprint density at radius 2 is 2.28 bits per heavy atom. The van der Waals surface area contributed by atoms with Crippen molar-refractivity contribution in [2.75, 3.05) is 13.1 Å². The predicted molar refractivity (Wildman–Crippen MR) is 76.0 cm³/mol. The van der Waals surface area contributed by atoms with Crippen LogP contribution in [0.5, 0.6) is 0 Å². The highest BCUT2D eigenvalue weighted by atomic mass is 79.9. The largest absolute Gasteiger partial charge is 0.440 e. The van der Waals surface area contributed by atoms with Crippen LogP contribution in [0.3, 0.4) is 0 Å². The highest BCUT2D eigenvalue weighted by Gasteiger charge is 2.22. The Kier molecular flexibility index (Phi) is 3.16. The van der Waals surface area contributed by atoms with Crippen LogP contribution >= 0.6 is 15.9 Å². The molecule has 1 atom stereocenters. The van der Waals surface area contributed by atoms with Crippen LogP contribution in [0.1, 0.15) is 35.8 Å². The fourth-order valence-corrected chi connectivity index (χ4v) is 3.10. The van der Waals surface area contributed by atoms with Crippen LogP contribution in [0, 0.1) is 13.8 Å². The van der Waals surface area contributed by atoms with E-state index in [2.05, 4.69) is 41.2 Å². The van der Waals surface area contributed by atoms with E-state index in [1.165, 1.54) is 12.8 Å². The molecule has 1 aromatic heterocycles. The molecule has 2 aromatic rings. The van der Waals surface area contributed by atoms with Gasteiger partial charge in [0.2, 0.25) is 0 Å². The third-order valence-electron chi connectivity index (χ3n) is 3.70. The zero-order valence-electron chi connectivity index (χ0n) is 10.7. The van der Waals surface area contributed by atoms with E-state index in [4.69, 9.17) is 9.40 Å². The molecule has 0 amide bonds. The van der Waals surface area contributed by atoms with Gasteiger partial charge in [0, 0.05) is 16.9 Å². The summed E-state index contributed by atoms with van der Waals surface area (Å²) in [5.74, 6) is 1.31. The maximum atomic E-state index is 6.00. The summed E-state index contributed by atoms with van der Waals surface area (Å²) in [6.45, 7) is 6.24. The van der Waals surface area contributed by atoms with Gasteiger partial charge in [0.15, 0.2) is 11.5 Å². The standard InChI is InChI=1S/C14H17BrN2O/c1-8-6-11(15)9(2)12-13(8)18-14(17-12)10-4-3-5-16-7-10/h6,10,16H,3-5,7H2,1-2H3. The third-order valence-corrected chi connectivity index (χ3v) is 4.53. The molecule has 96 valence electrons. The number of oxazole rings is 1. The summed E-state index contributed by atoms with van der Waals surface area (Å²) in [6, 6.07) is 2.10. The number of fused-ring (bicyclic) bond motifs is 1. The van der Waals surface area contributed by atoms with E-state index in [-0.39, 0.29) is 0 Å². The van der Waals surface area contributed by atoms with E-state index >= 15 is 0 Å². The van der Waals surface area contributed by atoms with Crippen molar-refractivity contribution < 1.29 is 4.42 Å². The fourth-order valence-electron chi connectivity index (χ4n) is 2.57. The Hall–Kier alpha value is -0.870. The number of benzene rings is 1. The molecule has 1 N–H and O–H groups in total. The molecule has 18 heavy (non-hydrogen) atoms. The van der Waals surface area contributed by atoms with Crippen molar-refractivity contribution in [2.45, 2.75) is 32.6 Å². The number of nitrogens with zero attached hydrogens (tertiary/aromatic N) is 1. The molecule has 3 rings (SSSR count). The number of rotatable bonds is 1. The molecule has 1 saturated heterocycles. The lowest BCUT2D eigenvalue weighted by Crippen LogP contribution is -2.28. The summed E-state index contributed by atoms with van der Waals surface area (Å²) in [6.07, 6.45) is 2.37. The molecule has 1 aliphatic heterocycles. The smallest absolute Gasteiger partial charge is 0.199 e. The molecule has 3 nitrogen and oxygen atoms in total. The molecule has 1 aromatic carbocycles. The molecular formula is C14H17BrN2O. The molecule has 0 aliphatic carbocycles. The lowest BCUT2D eigenvalue weighted by molar-refractivity contribution is 0.387. The summed E-state index contributed by atoms with van der Waals surface area (Å²) >= 11 is 3.58. The van der Waals surface area contributed by atoms with Gasteiger partial charge < -0.3 is 9.73 Å². The van der Waals surface area contributed by atoms with Crippen molar-refractivity contribution in [2.24, 2.45) is 0 Å². The zero-order valence-corrected chi connectivity index (χ0v) is 12.3. The second-order valence-corrected chi connectivity index (χ2v) is 5.93. The Bertz CT molecular complexity index is 585. The summed E-state index contributed by atoms with van der Waals surface area (Å²) < 4.78 is 7.11. The van der Waals surface area contributed by atoms with Crippen molar-refractivity contribution in [3.63, 3.8) is 0 Å². The van der Waals surface area contributed by atoms with Crippen molar-refractivity contribution in [1.82, 2.24) is 10.3 Å². The van der Waals surface area contributed by atoms with Gasteiger partial charge in [-0.05, 0) is 50.4 Å². The first kappa shape index (κ1) is 12.2. The summed E-state index contributed by atoms with van der Waals surface area (Å²) in [7, 11) is 0. The highest BCUT2D eigenvalue weighted by molar-refractivity contribution is 9.10. The summed E-state index contributed by atoms with van der Waals surface area (Å²) in [5, 5.41) is 3.41. The molecule has 4 heteroatoms. The molecule has 0 bridgehead atoms. The second kappa shape index (κ2) is 4.67. The molecule has 0 saturated carbocycles. The topological polar surface area (TPSA) is 38.1 Å². The van der Waals surface area contributed by atoms with Crippen LogP contribution in [0.2, 0.25) is 0 Å². The lowest BCUT2D eigenvalue weighted by atomic mass is 10.00. The monoisotopic (exact) mass is 308 g/mol. The Balaban J connectivity index is 2.10. The van der Waals surface area contributed by atoms with Gasteiger partial charge in [0.1, 0.15) is 5.52 Å². The summed E-state index contributed by atoms with van der Waals surface area (Å²) in [4.78, 5) is 4.72. The second-order valence-electron chi connectivity index (χ2n) is 5.07. The Labute approximate surface area is 115 Å². The maximum Gasteiger partial charge on any atom is 0.199 e. The van der Waals surface area contributed by atoms with Gasteiger partial charge >= 0.3 is 0 Å². The molecular weight excluding hydrogens is 292 g/mol. The van der Waals surface area contributed by atoms with E-state index < -0.39 is 0 Å². The normalized spacial score (nSPS) is 20.5. The highest BCUT2D eigenvalue weighted by Crippen LogP contribution is 2.32. The molecule has 2 heterocycles. The summed E-state index contributed by atoms with van der Waals surface area (Å²) in [5.41, 5.74) is 4.25. The van der Waals surface area contributed by atoms with E-state index in [1.54, 1.807) is 0 Å². The molecule has 0 radical (unpaired) electrons. The van der Waals surface area contributed by atoms with Gasteiger partial charge in [-0.1, -0.05) is 15.9 Å². The number of piperidine rings is 1. The van der Waals surface area contributed by atoms with Crippen LogP contribution < -0.4 is 5.32 Å². The Morgan fingerprint density at radius 1 is 1.44 bits per heavy atom. The maximum absolute atomic E-state index is 6.00. The number of halogens is 1. The molecule has 0 spiro atoms. The molecule has 1 aliphatic rings. The van der Waals surface area contributed by atoms with Crippen molar-refractivity contribution in [3.05, 3.63) is 27.6 Å². The average molecular weight is 309 g/mol. The van der Waals surface area contributed by atoms with Gasteiger partial charge in [-0.15, -0.1) is 0 Å². The van der Waals surface area contributed by atoms with E-state index in [0.29, 0.717) is 5.92 Å². The van der Waals surface area contributed by atoms with E-state index in [1.807, 2.05) is 0 Å². The van der Waals surface area contributed by atoms with Crippen LogP contribution in [0.25, 0.3) is 11.1 Å². The first-order valence-electron chi connectivity index (χ1n) is 6.43. The van der Waals surface area contributed by atoms with Crippen molar-refractivity contribution in [3.8, 4) is 0 Å². The van der Waals surface area contributed by atoms with E-state index in [0.717, 1.165) is 45.7 Å². The first-order chi connectivity index (χ1) is 8.66. The van der Waals surface area contributed by atoms with Crippen molar-refractivity contribution in [1.29, 1.82) is 0 Å². The minimum absolute atomic E-state index is 0.420. The number of hydrogen-bond acceptors (Lipinski definition) is 3. The number of aryl methyl sites for hydroxylation is 2. The third kappa shape index (κ3) is 1.97. The molecule has 1 fully saturated rings. The van der Waals surface area contributed by atoms with Gasteiger partial charge in [-0.3, -0.25) is 0 Å². The van der Waals surface area contributed by atoms with Gasteiger partial charge in [-0.2, -0.15) is 0 Å². The predicted octanol–water partition coefficient (Wildman–Crippen LogP) is 3.67. The van der Waals surface area contributed by atoms with Crippen molar-refractivity contribution >= 4 is 27.0 Å². The van der Waals surface area contributed by atoms with Gasteiger partial charge in [0.05, 0.1) is 0 Å². The number of hydrogen-bond donors (Lipinski definition) is 1. The van der Waals surface area contributed by atoms with Crippen LogP contribution in [0.15, 0.2) is 15.0 Å². The fraction of sp³-hybridized carbons (Fsp3) is 0.500. The zero-order chi connectivity index (χ0) is 12.7. The Morgan fingerprint density at radius 3 is 3.00 bits per heavy atom. The SMILES string of the molecule is Cc1c(Br)cc(C)c2oc(C3CCCNC3)nc12. The average Bonchev–Trinajstić information content (AvgIpc) is 2.83. The van der Waals surface area contributed by atoms with Gasteiger partial charge in [-0.25, -0.2) is 4.98 Å². The van der Waals surface area contributed by atoms with Crippen LogP contribution in [0.4, 0.5) is 0 Å². The quantitative estimate of drug-likeness (QED) is 0.873. The molecule has 1 unspecified atom stereocenters. The van der Waals surface area contributed by atoms with Crippen LogP contribution in [-0.4, -0.2) is 18.1 Å².